The number of fused-ring (bicyclic) bond motifs is 1. The van der Waals surface area contributed by atoms with Gasteiger partial charge in [-0.3, -0.25) is 14.3 Å². The van der Waals surface area contributed by atoms with Crippen molar-refractivity contribution >= 4 is 5.91 Å². The lowest BCUT2D eigenvalue weighted by Gasteiger charge is -2.37. The van der Waals surface area contributed by atoms with Gasteiger partial charge in [-0.05, 0) is 24.6 Å². The lowest BCUT2D eigenvalue weighted by Crippen LogP contribution is -2.53. The van der Waals surface area contributed by atoms with Gasteiger partial charge in [-0.25, -0.2) is 0 Å². The molecule has 0 saturated heterocycles. The summed E-state index contributed by atoms with van der Waals surface area (Å²) in [4.78, 5) is 27.0. The largest absolute Gasteiger partial charge is 0.497 e. The van der Waals surface area contributed by atoms with Crippen LogP contribution in [-0.4, -0.2) is 49.0 Å². The number of carbonyl (C=O) groups excluding carboxylic acids is 1. The topological polar surface area (TPSA) is 82.0 Å². The first-order chi connectivity index (χ1) is 13.0. The number of aromatic nitrogens is 1. The number of carbonyl (C=O) groups is 1. The molecule has 1 aliphatic heterocycles. The van der Waals surface area contributed by atoms with Gasteiger partial charge in [0.25, 0.3) is 5.91 Å². The summed E-state index contributed by atoms with van der Waals surface area (Å²) < 4.78 is 17.5. The van der Waals surface area contributed by atoms with Gasteiger partial charge in [0.05, 0.1) is 13.7 Å². The molecule has 1 atom stereocenters. The van der Waals surface area contributed by atoms with Crippen molar-refractivity contribution in [2.45, 2.75) is 19.7 Å². The molecule has 2 heterocycles. The molecule has 2 aromatic rings. The molecular formula is C19H23N3O5. The summed E-state index contributed by atoms with van der Waals surface area (Å²) in [6.45, 7) is 2.84. The maximum Gasteiger partial charge on any atom is 0.278 e. The summed E-state index contributed by atoms with van der Waals surface area (Å²) in [5.41, 5.74) is 3.86. The zero-order valence-electron chi connectivity index (χ0n) is 15.6. The van der Waals surface area contributed by atoms with Crippen molar-refractivity contribution < 1.29 is 19.0 Å². The minimum atomic E-state index is -0.342. The molecule has 0 unspecified atom stereocenters. The highest BCUT2D eigenvalue weighted by Crippen LogP contribution is 2.22. The second-order valence-electron chi connectivity index (χ2n) is 6.16. The lowest BCUT2D eigenvalue weighted by molar-refractivity contribution is 0.0575. The van der Waals surface area contributed by atoms with Crippen molar-refractivity contribution in [3.05, 3.63) is 58.0 Å². The number of benzene rings is 1. The normalized spacial score (nSPS) is 15.9. The fraction of sp³-hybridized carbons (Fsp3) is 0.368. The highest BCUT2D eigenvalue weighted by Gasteiger charge is 2.32. The predicted octanol–water partition coefficient (Wildman–Crippen LogP) is 1.43. The zero-order valence-corrected chi connectivity index (χ0v) is 15.6. The molecule has 1 aromatic heterocycles. The van der Waals surface area contributed by atoms with Crippen molar-refractivity contribution in [2.24, 2.45) is 0 Å². The van der Waals surface area contributed by atoms with E-state index in [1.54, 1.807) is 30.0 Å². The third-order valence-electron chi connectivity index (χ3n) is 4.39. The Morgan fingerprint density at radius 2 is 1.85 bits per heavy atom. The molecule has 0 radical (unpaired) electrons. The Morgan fingerprint density at radius 3 is 2.52 bits per heavy atom. The van der Waals surface area contributed by atoms with Crippen LogP contribution in [0.4, 0.5) is 0 Å². The summed E-state index contributed by atoms with van der Waals surface area (Å²) in [7, 11) is 3.17. The minimum Gasteiger partial charge on any atom is -0.497 e. The first-order valence-corrected chi connectivity index (χ1v) is 8.63. The Morgan fingerprint density at radius 1 is 1.11 bits per heavy atom. The Labute approximate surface area is 157 Å². The van der Waals surface area contributed by atoms with Gasteiger partial charge in [0.1, 0.15) is 18.5 Å². The van der Waals surface area contributed by atoms with E-state index in [0.29, 0.717) is 13.2 Å². The number of methoxy groups -OCH3 is 2. The average Bonchev–Trinajstić information content (AvgIpc) is 2.68. The maximum atomic E-state index is 13.0. The van der Waals surface area contributed by atoms with E-state index in [1.165, 1.54) is 6.07 Å². The van der Waals surface area contributed by atoms with Gasteiger partial charge < -0.3 is 24.5 Å². The number of ether oxygens (including phenoxy) is 3. The average molecular weight is 373 g/mol. The molecule has 0 fully saturated rings. The number of hydrogen-bond acceptors (Lipinski definition) is 6. The molecule has 1 aromatic carbocycles. The van der Waals surface area contributed by atoms with Crippen LogP contribution in [0.2, 0.25) is 0 Å². The molecule has 3 rings (SSSR count). The summed E-state index contributed by atoms with van der Waals surface area (Å²) in [6, 6.07) is 8.70. The quantitative estimate of drug-likeness (QED) is 0.791. The molecule has 1 amide bonds. The van der Waals surface area contributed by atoms with Crippen LogP contribution in [0.3, 0.4) is 0 Å². The van der Waals surface area contributed by atoms with Crippen molar-refractivity contribution in [1.29, 1.82) is 0 Å². The van der Waals surface area contributed by atoms with E-state index in [4.69, 9.17) is 14.2 Å². The van der Waals surface area contributed by atoms with Crippen LogP contribution in [0.1, 0.15) is 23.0 Å². The monoisotopic (exact) mass is 373 g/mol. The molecule has 144 valence electrons. The number of rotatable bonds is 7. The van der Waals surface area contributed by atoms with E-state index in [2.05, 4.69) is 5.43 Å². The number of pyridine rings is 1. The van der Waals surface area contributed by atoms with Gasteiger partial charge >= 0.3 is 0 Å². The Kier molecular flexibility index (Phi) is 5.66. The van der Waals surface area contributed by atoms with E-state index in [9.17, 15) is 9.59 Å². The van der Waals surface area contributed by atoms with Crippen LogP contribution in [0.5, 0.6) is 11.5 Å². The molecule has 1 N–H and O–H groups in total. The Hall–Kier alpha value is -3.00. The van der Waals surface area contributed by atoms with E-state index in [0.717, 1.165) is 11.3 Å². The van der Waals surface area contributed by atoms with Gasteiger partial charge in [0.15, 0.2) is 11.4 Å². The van der Waals surface area contributed by atoms with Crippen molar-refractivity contribution in [2.75, 3.05) is 32.8 Å². The first kappa shape index (κ1) is 18.8. The smallest absolute Gasteiger partial charge is 0.278 e. The highest BCUT2D eigenvalue weighted by molar-refractivity contribution is 5.96. The SMILES string of the molecule is COCCN1C(=O)c2c(OCc3ccc(OC)cc3)c(=O)ccn2N[C@@H]1C. The molecule has 0 bridgehead atoms. The van der Waals surface area contributed by atoms with E-state index >= 15 is 0 Å². The molecular weight excluding hydrogens is 350 g/mol. The van der Waals surface area contributed by atoms with Gasteiger partial charge in [0.2, 0.25) is 5.43 Å². The van der Waals surface area contributed by atoms with Crippen LogP contribution >= 0.6 is 0 Å². The van der Waals surface area contributed by atoms with Crippen LogP contribution in [0.25, 0.3) is 0 Å². The Bertz CT molecular complexity index is 863. The second-order valence-corrected chi connectivity index (χ2v) is 6.16. The Balaban J connectivity index is 1.87. The molecule has 8 heteroatoms. The number of hydrogen-bond donors (Lipinski definition) is 1. The van der Waals surface area contributed by atoms with Crippen molar-refractivity contribution in [3.63, 3.8) is 0 Å². The molecule has 0 spiro atoms. The summed E-state index contributed by atoms with van der Waals surface area (Å²) in [6.07, 6.45) is 1.30. The predicted molar refractivity (Wildman–Crippen MR) is 99.8 cm³/mol. The fourth-order valence-electron chi connectivity index (χ4n) is 2.91. The second kappa shape index (κ2) is 8.13. The van der Waals surface area contributed by atoms with E-state index in [1.807, 2.05) is 31.2 Å². The summed E-state index contributed by atoms with van der Waals surface area (Å²) in [5, 5.41) is 0. The van der Waals surface area contributed by atoms with Gasteiger partial charge in [-0.1, -0.05) is 12.1 Å². The van der Waals surface area contributed by atoms with Crippen LogP contribution in [0.15, 0.2) is 41.3 Å². The van der Waals surface area contributed by atoms with E-state index < -0.39 is 0 Å². The van der Waals surface area contributed by atoms with Crippen molar-refractivity contribution in [1.82, 2.24) is 9.58 Å². The van der Waals surface area contributed by atoms with E-state index in [-0.39, 0.29) is 35.6 Å². The molecule has 0 saturated carbocycles. The van der Waals surface area contributed by atoms with Crippen LogP contribution < -0.4 is 20.3 Å². The third kappa shape index (κ3) is 3.90. The van der Waals surface area contributed by atoms with Gasteiger partial charge in [-0.2, -0.15) is 0 Å². The van der Waals surface area contributed by atoms with Crippen molar-refractivity contribution in [3.8, 4) is 11.5 Å². The molecule has 8 nitrogen and oxygen atoms in total. The molecule has 27 heavy (non-hydrogen) atoms. The number of amides is 1. The zero-order chi connectivity index (χ0) is 19.4. The highest BCUT2D eigenvalue weighted by atomic mass is 16.5. The minimum absolute atomic E-state index is 0.0279. The van der Waals surface area contributed by atoms with Gasteiger partial charge in [0, 0.05) is 25.9 Å². The summed E-state index contributed by atoms with van der Waals surface area (Å²) in [5.74, 6) is 0.485. The number of nitrogens with zero attached hydrogens (tertiary/aromatic N) is 2. The lowest BCUT2D eigenvalue weighted by atomic mass is 10.2. The summed E-state index contributed by atoms with van der Waals surface area (Å²) >= 11 is 0. The molecule has 0 aliphatic carbocycles. The number of nitrogens with one attached hydrogen (secondary N) is 1. The third-order valence-corrected chi connectivity index (χ3v) is 4.39. The standard InChI is InChI=1S/C19H23N3O5/c1-13-20-22-9-8-16(23)18(17(22)19(24)21(13)10-11-25-2)27-12-14-4-6-15(26-3)7-5-14/h4-9,13,20H,10-12H2,1-3H3/t13-/m0/s1. The van der Waals surface area contributed by atoms with Crippen LogP contribution in [0, 0.1) is 0 Å². The fourth-order valence-corrected chi connectivity index (χ4v) is 2.91. The maximum absolute atomic E-state index is 13.0. The first-order valence-electron chi connectivity index (χ1n) is 8.63. The van der Waals surface area contributed by atoms with Crippen LogP contribution in [-0.2, 0) is 11.3 Å². The molecule has 1 aliphatic rings. The van der Waals surface area contributed by atoms with Gasteiger partial charge in [-0.15, -0.1) is 0 Å².